The lowest BCUT2D eigenvalue weighted by Crippen LogP contribution is -2.33. The van der Waals surface area contributed by atoms with Crippen molar-refractivity contribution in [3.63, 3.8) is 0 Å². The van der Waals surface area contributed by atoms with Gasteiger partial charge < -0.3 is 10.1 Å². The average Bonchev–Trinajstić information content (AvgIpc) is 3.23. The molecule has 3 heterocycles. The van der Waals surface area contributed by atoms with Crippen molar-refractivity contribution in [2.75, 3.05) is 13.2 Å². The third-order valence-corrected chi connectivity index (χ3v) is 3.87. The van der Waals surface area contributed by atoms with E-state index < -0.39 is 18.6 Å². The first-order valence-corrected chi connectivity index (χ1v) is 7.41. The first-order valence-electron chi connectivity index (χ1n) is 7.41. The number of ether oxygens (including phenoxy) is 1. The molecule has 1 fully saturated rings. The molecule has 10 heteroatoms. The van der Waals surface area contributed by atoms with Crippen LogP contribution < -0.4 is 5.32 Å². The number of rotatable bonds is 5. The van der Waals surface area contributed by atoms with Crippen molar-refractivity contribution < 1.29 is 22.7 Å². The fraction of sp³-hybridized carbons (Fsp3) is 0.500. The van der Waals surface area contributed by atoms with Gasteiger partial charge in [0.25, 0.3) is 5.91 Å². The number of alkyl halides is 3. The highest BCUT2D eigenvalue weighted by molar-refractivity contribution is 5.92. The summed E-state index contributed by atoms with van der Waals surface area (Å²) in [5.74, 6) is -0.555. The predicted molar refractivity (Wildman–Crippen MR) is 76.0 cm³/mol. The van der Waals surface area contributed by atoms with Crippen LogP contribution in [0.15, 0.2) is 24.7 Å². The van der Waals surface area contributed by atoms with Gasteiger partial charge in [0.1, 0.15) is 12.2 Å². The van der Waals surface area contributed by atoms with Crippen LogP contribution in [0, 0.1) is 5.92 Å². The van der Waals surface area contributed by atoms with E-state index in [-0.39, 0.29) is 17.7 Å². The Morgan fingerprint density at radius 1 is 1.50 bits per heavy atom. The van der Waals surface area contributed by atoms with Gasteiger partial charge in [0.15, 0.2) is 0 Å². The minimum atomic E-state index is -4.44. The number of H-pyrrole nitrogens is 1. The Morgan fingerprint density at radius 3 is 3.04 bits per heavy atom. The molecule has 0 bridgehead atoms. The first kappa shape index (κ1) is 16.5. The fourth-order valence-electron chi connectivity index (χ4n) is 2.76. The molecule has 0 saturated carbocycles. The topological polar surface area (TPSA) is 84.8 Å². The summed E-state index contributed by atoms with van der Waals surface area (Å²) in [4.78, 5) is 12.2. The van der Waals surface area contributed by atoms with Gasteiger partial charge in [-0.05, 0) is 12.5 Å². The zero-order valence-electron chi connectivity index (χ0n) is 12.6. The normalized spacial score (nSPS) is 21.1. The van der Waals surface area contributed by atoms with E-state index in [1.165, 1.54) is 12.3 Å². The van der Waals surface area contributed by atoms with Crippen LogP contribution in [-0.4, -0.2) is 45.2 Å². The molecule has 1 aliphatic rings. The molecule has 24 heavy (non-hydrogen) atoms. The summed E-state index contributed by atoms with van der Waals surface area (Å²) in [6.07, 6.45) is 0.675. The van der Waals surface area contributed by atoms with Crippen LogP contribution in [0.25, 0.3) is 0 Å². The van der Waals surface area contributed by atoms with Crippen molar-refractivity contribution in [1.82, 2.24) is 25.3 Å². The molecule has 0 spiro atoms. The number of hydrogen-bond donors (Lipinski definition) is 2. The van der Waals surface area contributed by atoms with E-state index in [2.05, 4.69) is 20.6 Å². The molecule has 1 aliphatic heterocycles. The number of halogens is 3. The Bertz CT molecular complexity index is 683. The van der Waals surface area contributed by atoms with Gasteiger partial charge in [-0.15, -0.1) is 0 Å². The standard InChI is InChI=1S/C14H16F3N5O2/c15-14(16,17)8-22-11(1-3-21-22)13(23)18-5-9-2-4-24-12(9)10-6-19-20-7-10/h1,3,6-7,9,12H,2,4-5,8H2,(H,18,23)(H,19,20)/t9-,12+/m1/s1. The number of hydrogen-bond acceptors (Lipinski definition) is 4. The highest BCUT2D eigenvalue weighted by Crippen LogP contribution is 2.33. The summed E-state index contributed by atoms with van der Waals surface area (Å²) in [6.45, 7) is -0.443. The largest absolute Gasteiger partial charge is 0.408 e. The van der Waals surface area contributed by atoms with E-state index in [9.17, 15) is 18.0 Å². The van der Waals surface area contributed by atoms with E-state index in [0.29, 0.717) is 17.8 Å². The van der Waals surface area contributed by atoms with Crippen molar-refractivity contribution in [1.29, 1.82) is 0 Å². The molecule has 0 radical (unpaired) electrons. The molecule has 0 aliphatic carbocycles. The van der Waals surface area contributed by atoms with E-state index in [1.54, 1.807) is 12.4 Å². The molecule has 3 rings (SSSR count). The van der Waals surface area contributed by atoms with Gasteiger partial charge in [-0.3, -0.25) is 14.6 Å². The monoisotopic (exact) mass is 343 g/mol. The Labute approximate surface area is 135 Å². The molecular formula is C14H16F3N5O2. The molecule has 2 atom stereocenters. The number of carbonyl (C=O) groups is 1. The SMILES string of the molecule is O=C(NC[C@H]1CCO[C@@H]1c1cn[nH]c1)c1ccnn1CC(F)(F)F. The lowest BCUT2D eigenvalue weighted by Gasteiger charge is -2.18. The lowest BCUT2D eigenvalue weighted by molar-refractivity contribution is -0.142. The number of amides is 1. The van der Waals surface area contributed by atoms with Gasteiger partial charge >= 0.3 is 6.18 Å². The summed E-state index contributed by atoms with van der Waals surface area (Å²) in [5.41, 5.74) is 0.764. The zero-order chi connectivity index (χ0) is 17.2. The minimum Gasteiger partial charge on any atom is -0.373 e. The van der Waals surface area contributed by atoms with Crippen molar-refractivity contribution in [2.24, 2.45) is 5.92 Å². The number of carbonyl (C=O) groups excluding carboxylic acids is 1. The zero-order valence-corrected chi connectivity index (χ0v) is 12.6. The van der Waals surface area contributed by atoms with E-state index in [0.717, 1.165) is 12.0 Å². The second kappa shape index (κ2) is 6.63. The quantitative estimate of drug-likeness (QED) is 0.865. The summed E-state index contributed by atoms with van der Waals surface area (Å²) in [6, 6.07) is 1.26. The Balaban J connectivity index is 1.61. The first-order chi connectivity index (χ1) is 11.4. The van der Waals surface area contributed by atoms with Gasteiger partial charge in [-0.2, -0.15) is 23.4 Å². The summed E-state index contributed by atoms with van der Waals surface area (Å²) in [7, 11) is 0. The second-order valence-electron chi connectivity index (χ2n) is 5.57. The third-order valence-electron chi connectivity index (χ3n) is 3.87. The van der Waals surface area contributed by atoms with Gasteiger partial charge in [0.05, 0.1) is 12.3 Å². The van der Waals surface area contributed by atoms with Crippen molar-refractivity contribution in [3.05, 3.63) is 35.9 Å². The molecule has 1 saturated heterocycles. The molecule has 2 N–H and O–H groups in total. The Kier molecular flexibility index (Phi) is 4.56. The van der Waals surface area contributed by atoms with Crippen LogP contribution in [0.1, 0.15) is 28.6 Å². The average molecular weight is 343 g/mol. The maximum absolute atomic E-state index is 12.5. The fourth-order valence-corrected chi connectivity index (χ4v) is 2.76. The summed E-state index contributed by atoms with van der Waals surface area (Å²) >= 11 is 0. The minimum absolute atomic E-state index is 0.0329. The molecular weight excluding hydrogens is 327 g/mol. The van der Waals surface area contributed by atoms with Gasteiger partial charge in [0, 0.05) is 37.0 Å². The summed E-state index contributed by atoms with van der Waals surface area (Å²) in [5, 5.41) is 12.8. The van der Waals surface area contributed by atoms with E-state index in [4.69, 9.17) is 4.74 Å². The van der Waals surface area contributed by atoms with Crippen molar-refractivity contribution in [3.8, 4) is 0 Å². The number of nitrogens with zero attached hydrogens (tertiary/aromatic N) is 3. The van der Waals surface area contributed by atoms with Crippen molar-refractivity contribution >= 4 is 5.91 Å². The van der Waals surface area contributed by atoms with Crippen molar-refractivity contribution in [2.45, 2.75) is 25.2 Å². The Morgan fingerprint density at radius 2 is 2.33 bits per heavy atom. The highest BCUT2D eigenvalue weighted by atomic mass is 19.4. The van der Waals surface area contributed by atoms with Crippen LogP contribution in [0.2, 0.25) is 0 Å². The molecule has 0 unspecified atom stereocenters. The maximum atomic E-state index is 12.5. The number of aromatic amines is 1. The number of aromatic nitrogens is 4. The molecule has 2 aromatic heterocycles. The predicted octanol–water partition coefficient (Wildman–Crippen LogP) is 1.68. The van der Waals surface area contributed by atoms with Crippen LogP contribution in [0.5, 0.6) is 0 Å². The lowest BCUT2D eigenvalue weighted by atomic mass is 9.97. The molecule has 130 valence electrons. The number of nitrogens with one attached hydrogen (secondary N) is 2. The van der Waals surface area contributed by atoms with Gasteiger partial charge in [-0.25, -0.2) is 0 Å². The van der Waals surface area contributed by atoms with Crippen LogP contribution >= 0.6 is 0 Å². The van der Waals surface area contributed by atoms with Crippen LogP contribution in [0.3, 0.4) is 0 Å². The molecule has 2 aromatic rings. The molecule has 7 nitrogen and oxygen atoms in total. The van der Waals surface area contributed by atoms with E-state index in [1.807, 2.05) is 0 Å². The van der Waals surface area contributed by atoms with Crippen LogP contribution in [-0.2, 0) is 11.3 Å². The molecule has 1 amide bonds. The highest BCUT2D eigenvalue weighted by Gasteiger charge is 2.32. The third kappa shape index (κ3) is 3.75. The summed E-state index contributed by atoms with van der Waals surface area (Å²) < 4.78 is 43.7. The van der Waals surface area contributed by atoms with Gasteiger partial charge in [-0.1, -0.05) is 0 Å². The van der Waals surface area contributed by atoms with E-state index >= 15 is 0 Å². The van der Waals surface area contributed by atoms with Gasteiger partial charge in [0.2, 0.25) is 0 Å². The maximum Gasteiger partial charge on any atom is 0.408 e. The smallest absolute Gasteiger partial charge is 0.373 e. The molecule has 0 aromatic carbocycles. The van der Waals surface area contributed by atoms with Crippen LogP contribution in [0.4, 0.5) is 13.2 Å². The second-order valence-corrected chi connectivity index (χ2v) is 5.57. The Hall–Kier alpha value is -2.36.